The van der Waals surface area contributed by atoms with Crippen LogP contribution >= 0.6 is 0 Å². The van der Waals surface area contributed by atoms with Gasteiger partial charge >= 0.3 is 0 Å². The van der Waals surface area contributed by atoms with Gasteiger partial charge in [0.25, 0.3) is 5.91 Å². The second-order valence-corrected chi connectivity index (χ2v) is 4.11. The van der Waals surface area contributed by atoms with E-state index >= 15 is 0 Å². The lowest BCUT2D eigenvalue weighted by Crippen LogP contribution is -2.28. The maximum absolute atomic E-state index is 11.8. The Bertz CT molecular complexity index is 427. The zero-order valence-corrected chi connectivity index (χ0v) is 10.9. The first-order chi connectivity index (χ1) is 9.06. The van der Waals surface area contributed by atoms with Crippen molar-refractivity contribution in [2.45, 2.75) is 13.3 Å². The molecule has 5 N–H and O–H groups in total. The summed E-state index contributed by atoms with van der Waals surface area (Å²) < 4.78 is 5.11. The molecule has 0 heterocycles. The normalized spacial score (nSPS) is 11.7. The third kappa shape index (κ3) is 4.97. The largest absolute Gasteiger partial charge is 0.484 e. The minimum atomic E-state index is -0.536. The summed E-state index contributed by atoms with van der Waals surface area (Å²) in [6.45, 7) is 2.07. The summed E-state index contributed by atoms with van der Waals surface area (Å²) in [5.41, 5.74) is 11.1. The van der Waals surface area contributed by atoms with E-state index in [1.54, 1.807) is 24.3 Å². The molecule has 1 rings (SSSR count). The number of nitrogens with two attached hydrogens (primary N) is 2. The molecule has 0 fully saturated rings. The van der Waals surface area contributed by atoms with Crippen LogP contribution in [0.1, 0.15) is 13.3 Å². The second kappa shape index (κ2) is 7.38. The van der Waals surface area contributed by atoms with E-state index in [-0.39, 0.29) is 18.4 Å². The van der Waals surface area contributed by atoms with E-state index in [1.807, 2.05) is 6.92 Å². The fraction of sp³-hybridized carbons (Fsp3) is 0.385. The van der Waals surface area contributed by atoms with Gasteiger partial charge in [-0.1, -0.05) is 6.92 Å². The highest BCUT2D eigenvalue weighted by Gasteiger charge is 2.14. The van der Waals surface area contributed by atoms with Crippen molar-refractivity contribution in [3.05, 3.63) is 24.3 Å². The third-order valence-corrected chi connectivity index (χ3v) is 2.65. The van der Waals surface area contributed by atoms with Crippen molar-refractivity contribution in [3.8, 4) is 5.75 Å². The van der Waals surface area contributed by atoms with Gasteiger partial charge in [0.05, 0.1) is 5.92 Å². The van der Waals surface area contributed by atoms with Gasteiger partial charge in [-0.3, -0.25) is 9.59 Å². The number of benzene rings is 1. The fourth-order valence-corrected chi connectivity index (χ4v) is 1.49. The van der Waals surface area contributed by atoms with Crippen LogP contribution in [0.4, 0.5) is 5.69 Å². The average molecular weight is 265 g/mol. The molecule has 0 saturated heterocycles. The molecular weight excluding hydrogens is 246 g/mol. The van der Waals surface area contributed by atoms with E-state index in [1.165, 1.54) is 0 Å². The molecule has 1 aromatic carbocycles. The Kier molecular flexibility index (Phi) is 5.81. The highest BCUT2D eigenvalue weighted by molar-refractivity contribution is 5.92. The van der Waals surface area contributed by atoms with E-state index in [4.69, 9.17) is 16.2 Å². The number of hydrogen-bond acceptors (Lipinski definition) is 4. The lowest BCUT2D eigenvalue weighted by Gasteiger charge is -2.13. The number of rotatable bonds is 7. The van der Waals surface area contributed by atoms with Gasteiger partial charge in [0.15, 0.2) is 6.61 Å². The lowest BCUT2D eigenvalue weighted by atomic mass is 10.1. The van der Waals surface area contributed by atoms with Crippen molar-refractivity contribution in [3.63, 3.8) is 0 Å². The molecule has 0 saturated carbocycles. The first-order valence-corrected chi connectivity index (χ1v) is 6.09. The highest BCUT2D eigenvalue weighted by atomic mass is 16.5. The van der Waals surface area contributed by atoms with Crippen LogP contribution in [0, 0.1) is 5.92 Å². The minimum absolute atomic E-state index is 0.101. The predicted octanol–water partition coefficient (Wildman–Crippen LogP) is 0.474. The third-order valence-electron chi connectivity index (χ3n) is 2.65. The van der Waals surface area contributed by atoms with Crippen LogP contribution in [0.2, 0.25) is 0 Å². The van der Waals surface area contributed by atoms with Gasteiger partial charge in [-0.05, 0) is 30.7 Å². The number of primary amides is 1. The lowest BCUT2D eigenvalue weighted by molar-refractivity contribution is -0.120. The predicted molar refractivity (Wildman–Crippen MR) is 72.6 cm³/mol. The summed E-state index contributed by atoms with van der Waals surface area (Å²) in [5, 5.41) is 2.77. The topological polar surface area (TPSA) is 107 Å². The Morgan fingerprint density at radius 1 is 1.32 bits per heavy atom. The first-order valence-electron chi connectivity index (χ1n) is 6.09. The average Bonchev–Trinajstić information content (AvgIpc) is 2.39. The summed E-state index contributed by atoms with van der Waals surface area (Å²) in [4.78, 5) is 22.3. The molecule has 1 unspecified atom stereocenters. The Balaban J connectivity index is 2.56. The second-order valence-electron chi connectivity index (χ2n) is 4.11. The van der Waals surface area contributed by atoms with Crippen LogP contribution in [0.15, 0.2) is 24.3 Å². The Hall–Kier alpha value is -2.08. The molecule has 104 valence electrons. The van der Waals surface area contributed by atoms with E-state index in [0.29, 0.717) is 24.4 Å². The van der Waals surface area contributed by atoms with E-state index in [2.05, 4.69) is 5.32 Å². The molecule has 6 heteroatoms. The molecular formula is C13H19N3O3. The van der Waals surface area contributed by atoms with Crippen molar-refractivity contribution >= 4 is 17.5 Å². The molecule has 0 aliphatic carbocycles. The van der Waals surface area contributed by atoms with Crippen LogP contribution in [0.25, 0.3) is 0 Å². The maximum atomic E-state index is 11.8. The first kappa shape index (κ1) is 15.0. The van der Waals surface area contributed by atoms with Crippen LogP contribution in [0.5, 0.6) is 5.75 Å². The number of hydrogen-bond donors (Lipinski definition) is 3. The number of nitrogens with one attached hydrogen (secondary N) is 1. The van der Waals surface area contributed by atoms with Gasteiger partial charge in [0, 0.05) is 12.2 Å². The van der Waals surface area contributed by atoms with Gasteiger partial charge in [-0.25, -0.2) is 0 Å². The van der Waals surface area contributed by atoms with Gasteiger partial charge < -0.3 is 21.5 Å². The summed E-state index contributed by atoms with van der Waals surface area (Å²) in [6, 6.07) is 6.69. The molecule has 0 spiro atoms. The van der Waals surface area contributed by atoms with E-state index in [0.717, 1.165) is 0 Å². The van der Waals surface area contributed by atoms with Crippen molar-refractivity contribution in [1.29, 1.82) is 0 Å². The van der Waals surface area contributed by atoms with Crippen molar-refractivity contribution in [1.82, 2.24) is 0 Å². The van der Waals surface area contributed by atoms with Gasteiger partial charge in [-0.15, -0.1) is 0 Å². The van der Waals surface area contributed by atoms with Crippen molar-refractivity contribution < 1.29 is 14.3 Å². The highest BCUT2D eigenvalue weighted by Crippen LogP contribution is 2.16. The molecule has 0 aliphatic heterocycles. The number of carbonyl (C=O) groups excluding carboxylic acids is 2. The minimum Gasteiger partial charge on any atom is -0.484 e. The number of ether oxygens (including phenoxy) is 1. The quantitative estimate of drug-likeness (QED) is 0.666. The summed E-state index contributed by atoms with van der Waals surface area (Å²) in [6.07, 6.45) is 0.697. The zero-order valence-electron chi connectivity index (χ0n) is 10.9. The SMILES string of the molecule is CCC(CN)C(=O)Nc1ccc(OCC(N)=O)cc1. The standard InChI is InChI=1S/C13H19N3O3/c1-2-9(7-14)13(18)16-10-3-5-11(6-4-10)19-8-12(15)17/h3-6,9H,2,7-8,14H2,1H3,(H2,15,17)(H,16,18). The molecule has 6 nitrogen and oxygen atoms in total. The van der Waals surface area contributed by atoms with Crippen LogP contribution in [0.3, 0.4) is 0 Å². The molecule has 0 aromatic heterocycles. The number of amides is 2. The van der Waals surface area contributed by atoms with Crippen molar-refractivity contribution in [2.75, 3.05) is 18.5 Å². The Labute approximate surface area is 112 Å². The van der Waals surface area contributed by atoms with E-state index < -0.39 is 5.91 Å². The monoisotopic (exact) mass is 265 g/mol. The van der Waals surface area contributed by atoms with Gasteiger partial charge in [-0.2, -0.15) is 0 Å². The van der Waals surface area contributed by atoms with Crippen molar-refractivity contribution in [2.24, 2.45) is 17.4 Å². The summed E-state index contributed by atoms with van der Waals surface area (Å²) >= 11 is 0. The van der Waals surface area contributed by atoms with Crippen LogP contribution in [-0.2, 0) is 9.59 Å². The zero-order chi connectivity index (χ0) is 14.3. The van der Waals surface area contributed by atoms with Crippen LogP contribution in [-0.4, -0.2) is 25.0 Å². The van der Waals surface area contributed by atoms with Crippen LogP contribution < -0.4 is 21.5 Å². The molecule has 0 radical (unpaired) electrons. The van der Waals surface area contributed by atoms with Gasteiger partial charge in [0.1, 0.15) is 5.75 Å². The summed E-state index contributed by atoms with van der Waals surface area (Å²) in [7, 11) is 0. The molecule has 19 heavy (non-hydrogen) atoms. The Morgan fingerprint density at radius 3 is 2.42 bits per heavy atom. The fourth-order valence-electron chi connectivity index (χ4n) is 1.49. The smallest absolute Gasteiger partial charge is 0.255 e. The number of anilines is 1. The summed E-state index contributed by atoms with van der Waals surface area (Å²) in [5.74, 6) is -0.310. The molecule has 0 bridgehead atoms. The number of carbonyl (C=O) groups is 2. The molecule has 1 aromatic rings. The van der Waals surface area contributed by atoms with Gasteiger partial charge in [0.2, 0.25) is 5.91 Å². The molecule has 2 amide bonds. The molecule has 0 aliphatic rings. The molecule has 1 atom stereocenters. The Morgan fingerprint density at radius 2 is 1.95 bits per heavy atom. The maximum Gasteiger partial charge on any atom is 0.255 e. The van der Waals surface area contributed by atoms with E-state index in [9.17, 15) is 9.59 Å².